The molecule has 0 aliphatic carbocycles. The molecule has 0 unspecified atom stereocenters. The molecule has 0 aliphatic heterocycles. The molecule has 0 radical (unpaired) electrons. The molecule has 1 aromatic rings. The van der Waals surface area contributed by atoms with E-state index in [1.807, 2.05) is 0 Å². The van der Waals surface area contributed by atoms with Crippen LogP contribution in [0.3, 0.4) is 0 Å². The van der Waals surface area contributed by atoms with E-state index >= 15 is 0 Å². The molecular weight excluding hydrogens is 161 g/mol. The van der Waals surface area contributed by atoms with Gasteiger partial charge in [0.25, 0.3) is 0 Å². The Bertz CT molecular complexity index is 301. The number of hydrogen-bond acceptors (Lipinski definition) is 4. The molecule has 1 rings (SSSR count). The Morgan fingerprint density at radius 2 is 2.17 bits per heavy atom. The van der Waals surface area contributed by atoms with Gasteiger partial charge in [-0.05, 0) is 6.07 Å². The van der Waals surface area contributed by atoms with Crippen LogP contribution in [0, 0.1) is 0 Å². The second-order valence-corrected chi connectivity index (χ2v) is 2.12. The molecule has 3 N–H and O–H groups in total. The summed E-state index contributed by atoms with van der Waals surface area (Å²) in [4.78, 5) is 13.9. The number of aromatic nitrogens is 1. The monoisotopic (exact) mass is 167 g/mol. The van der Waals surface area contributed by atoms with Crippen molar-refractivity contribution in [2.24, 2.45) is 0 Å². The minimum absolute atomic E-state index is 0.106. The van der Waals surface area contributed by atoms with Crippen LogP contribution in [-0.2, 0) is 0 Å². The quantitative estimate of drug-likeness (QED) is 0.464. The van der Waals surface area contributed by atoms with Crippen LogP contribution >= 0.6 is 0 Å². The molecular formula is C6H6BNO4. The Hall–Kier alpha value is -1.40. The molecule has 0 fully saturated rings. The first-order valence-corrected chi connectivity index (χ1v) is 3.17. The molecule has 0 spiro atoms. The molecule has 0 aliphatic rings. The summed E-state index contributed by atoms with van der Waals surface area (Å²) >= 11 is 0. The van der Waals surface area contributed by atoms with Crippen molar-refractivity contribution in [2.45, 2.75) is 0 Å². The Morgan fingerprint density at radius 1 is 1.50 bits per heavy atom. The van der Waals surface area contributed by atoms with E-state index in [2.05, 4.69) is 4.98 Å². The van der Waals surface area contributed by atoms with Crippen LogP contribution in [0.1, 0.15) is 10.5 Å². The maximum Gasteiger partial charge on any atom is 0.490 e. The van der Waals surface area contributed by atoms with Gasteiger partial charge in [-0.15, -0.1) is 0 Å². The van der Waals surface area contributed by atoms with Crippen LogP contribution in [0.5, 0.6) is 0 Å². The van der Waals surface area contributed by atoms with Crippen molar-refractivity contribution in [3.05, 3.63) is 24.0 Å². The zero-order valence-corrected chi connectivity index (χ0v) is 6.01. The van der Waals surface area contributed by atoms with E-state index in [-0.39, 0.29) is 11.2 Å². The molecule has 12 heavy (non-hydrogen) atoms. The largest absolute Gasteiger partial charge is 0.490 e. The topological polar surface area (TPSA) is 90.7 Å². The van der Waals surface area contributed by atoms with Gasteiger partial charge in [0.2, 0.25) is 0 Å². The molecule has 1 heterocycles. The highest BCUT2D eigenvalue weighted by Crippen LogP contribution is 1.91. The highest BCUT2D eigenvalue weighted by Gasteiger charge is 2.20. The Morgan fingerprint density at radius 3 is 2.58 bits per heavy atom. The number of pyridine rings is 1. The van der Waals surface area contributed by atoms with E-state index in [4.69, 9.17) is 15.2 Å². The van der Waals surface area contributed by atoms with E-state index in [1.54, 1.807) is 0 Å². The zero-order valence-electron chi connectivity index (χ0n) is 6.01. The number of aromatic carboxylic acids is 1. The fraction of sp³-hybridized carbons (Fsp3) is 0. The molecule has 0 atom stereocenters. The molecule has 0 saturated carbocycles. The lowest BCUT2D eigenvalue weighted by atomic mass is 9.79. The Labute approximate surface area is 68.5 Å². The summed E-state index contributed by atoms with van der Waals surface area (Å²) in [6.07, 6.45) is 1.27. The molecule has 0 amide bonds. The minimum atomic E-state index is -1.80. The van der Waals surface area contributed by atoms with Gasteiger partial charge in [0.05, 0.1) is 0 Å². The SMILES string of the molecule is O=C(O)c1ncccc1B(O)O. The third-order valence-corrected chi connectivity index (χ3v) is 1.32. The van der Waals surface area contributed by atoms with Gasteiger partial charge >= 0.3 is 13.1 Å². The van der Waals surface area contributed by atoms with Crippen LogP contribution in [0.15, 0.2) is 18.3 Å². The summed E-state index contributed by atoms with van der Waals surface area (Å²) in [7, 11) is -1.80. The van der Waals surface area contributed by atoms with Crippen LogP contribution < -0.4 is 5.46 Å². The summed E-state index contributed by atoms with van der Waals surface area (Å²) in [6, 6.07) is 2.72. The third-order valence-electron chi connectivity index (χ3n) is 1.32. The van der Waals surface area contributed by atoms with E-state index in [0.717, 1.165) is 0 Å². The number of carboxylic acids is 1. The van der Waals surface area contributed by atoms with Crippen molar-refractivity contribution in [2.75, 3.05) is 0 Å². The number of rotatable bonds is 2. The highest BCUT2D eigenvalue weighted by atomic mass is 16.4. The number of nitrogens with zero attached hydrogens (tertiary/aromatic N) is 1. The van der Waals surface area contributed by atoms with Crippen molar-refractivity contribution in [1.82, 2.24) is 4.98 Å². The fourth-order valence-corrected chi connectivity index (χ4v) is 0.805. The number of hydrogen-bond donors (Lipinski definition) is 3. The maximum atomic E-state index is 10.4. The summed E-state index contributed by atoms with van der Waals surface area (Å²) in [5.74, 6) is -1.28. The molecule has 6 heteroatoms. The lowest BCUT2D eigenvalue weighted by Gasteiger charge is -2.01. The van der Waals surface area contributed by atoms with Crippen molar-refractivity contribution in [3.63, 3.8) is 0 Å². The van der Waals surface area contributed by atoms with Crippen LogP contribution in [0.4, 0.5) is 0 Å². The third kappa shape index (κ3) is 1.61. The molecule has 0 saturated heterocycles. The smallest absolute Gasteiger partial charge is 0.477 e. The maximum absolute atomic E-state index is 10.4. The van der Waals surface area contributed by atoms with Crippen LogP contribution in [0.2, 0.25) is 0 Å². The van der Waals surface area contributed by atoms with Crippen molar-refractivity contribution >= 4 is 18.6 Å². The second-order valence-electron chi connectivity index (χ2n) is 2.12. The van der Waals surface area contributed by atoms with Crippen molar-refractivity contribution in [1.29, 1.82) is 0 Å². The lowest BCUT2D eigenvalue weighted by Crippen LogP contribution is -2.35. The summed E-state index contributed by atoms with van der Waals surface area (Å²) in [5, 5.41) is 25.9. The highest BCUT2D eigenvalue weighted by molar-refractivity contribution is 6.60. The zero-order chi connectivity index (χ0) is 9.14. The first-order valence-electron chi connectivity index (χ1n) is 3.17. The van der Waals surface area contributed by atoms with Gasteiger partial charge in [-0.3, -0.25) is 0 Å². The fourth-order valence-electron chi connectivity index (χ4n) is 0.805. The van der Waals surface area contributed by atoms with Gasteiger partial charge in [-0.2, -0.15) is 0 Å². The number of carbonyl (C=O) groups is 1. The van der Waals surface area contributed by atoms with E-state index in [9.17, 15) is 4.79 Å². The van der Waals surface area contributed by atoms with Crippen molar-refractivity contribution in [3.8, 4) is 0 Å². The molecule has 0 bridgehead atoms. The van der Waals surface area contributed by atoms with Crippen LogP contribution in [-0.4, -0.2) is 33.2 Å². The normalized spacial score (nSPS) is 9.50. The van der Waals surface area contributed by atoms with Crippen LogP contribution in [0.25, 0.3) is 0 Å². The molecule has 5 nitrogen and oxygen atoms in total. The summed E-state index contributed by atoms with van der Waals surface area (Å²) in [6.45, 7) is 0. The molecule has 0 aromatic carbocycles. The number of carboxylic acid groups (broad SMARTS) is 1. The Kier molecular flexibility index (Phi) is 2.42. The van der Waals surface area contributed by atoms with Gasteiger partial charge < -0.3 is 15.2 Å². The average Bonchev–Trinajstić information content (AvgIpc) is 2.04. The lowest BCUT2D eigenvalue weighted by molar-refractivity contribution is 0.0691. The van der Waals surface area contributed by atoms with Gasteiger partial charge in [-0.25, -0.2) is 9.78 Å². The summed E-state index contributed by atoms with van der Waals surface area (Å²) < 4.78 is 0. The second kappa shape index (κ2) is 3.33. The standard InChI is InChI=1S/C6H6BNO4/c9-6(10)5-4(7(11)12)2-1-3-8-5/h1-3,11-12H,(H,9,10). The molecule has 62 valence electrons. The average molecular weight is 167 g/mol. The van der Waals surface area contributed by atoms with Gasteiger partial charge in [0, 0.05) is 11.7 Å². The van der Waals surface area contributed by atoms with E-state index < -0.39 is 13.1 Å². The predicted octanol–water partition coefficient (Wildman–Crippen LogP) is -1.54. The predicted molar refractivity (Wildman–Crippen MR) is 41.0 cm³/mol. The Balaban J connectivity index is 3.17. The first kappa shape index (κ1) is 8.70. The minimum Gasteiger partial charge on any atom is -0.477 e. The van der Waals surface area contributed by atoms with Gasteiger partial charge in [-0.1, -0.05) is 6.07 Å². The van der Waals surface area contributed by atoms with Crippen molar-refractivity contribution < 1.29 is 19.9 Å². The summed E-state index contributed by atoms with van der Waals surface area (Å²) in [5.41, 5.74) is -0.447. The van der Waals surface area contributed by atoms with E-state index in [1.165, 1.54) is 18.3 Å². The molecule has 1 aromatic heterocycles. The van der Waals surface area contributed by atoms with E-state index in [0.29, 0.717) is 0 Å². The first-order chi connectivity index (χ1) is 5.63. The van der Waals surface area contributed by atoms with Gasteiger partial charge in [0.1, 0.15) is 5.69 Å². The van der Waals surface area contributed by atoms with Gasteiger partial charge in [0.15, 0.2) is 0 Å².